The highest BCUT2D eigenvalue weighted by Gasteiger charge is 2.17. The van der Waals surface area contributed by atoms with E-state index in [1.165, 1.54) is 0 Å². The topological polar surface area (TPSA) is 66.8 Å². The van der Waals surface area contributed by atoms with Crippen molar-refractivity contribution in [2.75, 3.05) is 0 Å². The summed E-state index contributed by atoms with van der Waals surface area (Å²) in [5, 5.41) is 8.46. The molecule has 0 bridgehead atoms. The monoisotopic (exact) mass is 139 g/mol. The van der Waals surface area contributed by atoms with Gasteiger partial charge in [0.1, 0.15) is 0 Å². The van der Waals surface area contributed by atoms with Gasteiger partial charge in [-0.1, -0.05) is 11.4 Å². The van der Waals surface area contributed by atoms with Gasteiger partial charge in [0.2, 0.25) is 6.29 Å². The van der Waals surface area contributed by atoms with Crippen molar-refractivity contribution in [2.45, 2.75) is 19.6 Å². The first-order valence-corrected chi connectivity index (χ1v) is 3.30. The summed E-state index contributed by atoms with van der Waals surface area (Å²) in [5.74, 6) is 0. The van der Waals surface area contributed by atoms with E-state index in [0.717, 1.165) is 0 Å². The van der Waals surface area contributed by atoms with Gasteiger partial charge in [-0.2, -0.15) is 0 Å². The van der Waals surface area contributed by atoms with Gasteiger partial charge in [0.25, 0.3) is 0 Å². The first kappa shape index (κ1) is 7.98. The second-order valence-electron chi connectivity index (χ2n) is 1.21. The fourth-order valence-corrected chi connectivity index (χ4v) is 0.536. The summed E-state index contributed by atoms with van der Waals surface area (Å²) >= 11 is 0. The Bertz CT molecular complexity index is 83.4. The third-order valence-electron chi connectivity index (χ3n) is 0.561. The van der Waals surface area contributed by atoms with Crippen molar-refractivity contribution in [3.63, 3.8) is 0 Å². The van der Waals surface area contributed by atoms with Crippen LogP contribution in [0, 0.1) is 0 Å². The molecule has 0 saturated carbocycles. The molecule has 0 aliphatic carbocycles. The van der Waals surface area contributed by atoms with Crippen LogP contribution in [0.2, 0.25) is 0 Å². The van der Waals surface area contributed by atoms with Gasteiger partial charge in [0, 0.05) is 11.0 Å². The van der Waals surface area contributed by atoms with Crippen LogP contribution < -0.4 is 0 Å². The molecule has 0 aromatic heterocycles. The lowest BCUT2D eigenvalue weighted by atomic mass is 10.5. The van der Waals surface area contributed by atoms with Gasteiger partial charge in [-0.25, -0.2) is 0 Å². The molecular formula is C3H8O4P+. The summed E-state index contributed by atoms with van der Waals surface area (Å²) in [6, 6.07) is 0. The summed E-state index contributed by atoms with van der Waals surface area (Å²) in [6.07, 6.45) is -0.787. The second kappa shape index (κ2) is 3.92. The number of hydrogen-bond donors (Lipinski definition) is 2. The van der Waals surface area contributed by atoms with Gasteiger partial charge >= 0.3 is 8.25 Å². The van der Waals surface area contributed by atoms with E-state index in [9.17, 15) is 4.57 Å². The predicted molar refractivity (Wildman–Crippen MR) is 27.2 cm³/mol. The van der Waals surface area contributed by atoms with E-state index < -0.39 is 14.5 Å². The molecule has 4 nitrogen and oxygen atoms in total. The number of aliphatic hydroxyl groups is 1. The molecule has 0 saturated heterocycles. The Morgan fingerprint density at radius 3 is 2.50 bits per heavy atom. The van der Waals surface area contributed by atoms with Gasteiger partial charge in [-0.3, -0.25) is 0 Å². The van der Waals surface area contributed by atoms with Crippen LogP contribution in [0.25, 0.3) is 0 Å². The fraction of sp³-hybridized carbons (Fsp3) is 1.00. The van der Waals surface area contributed by atoms with Crippen LogP contribution in [-0.4, -0.2) is 16.3 Å². The minimum atomic E-state index is -2.65. The maximum absolute atomic E-state index is 9.73. The first-order chi connectivity index (χ1) is 3.66. The molecule has 2 unspecified atom stereocenters. The van der Waals surface area contributed by atoms with Crippen LogP contribution >= 0.6 is 8.25 Å². The van der Waals surface area contributed by atoms with Crippen molar-refractivity contribution in [2.24, 2.45) is 0 Å². The molecule has 0 aliphatic rings. The van der Waals surface area contributed by atoms with E-state index in [1.54, 1.807) is 6.92 Å². The number of aliphatic hydroxyl groups excluding tert-OH is 1. The molecule has 48 valence electrons. The summed E-state index contributed by atoms with van der Waals surface area (Å²) in [5.41, 5.74) is 0. The zero-order chi connectivity index (χ0) is 6.57. The van der Waals surface area contributed by atoms with E-state index in [2.05, 4.69) is 4.52 Å². The van der Waals surface area contributed by atoms with Crippen LogP contribution in [0.3, 0.4) is 0 Å². The van der Waals surface area contributed by atoms with Crippen LogP contribution in [0.4, 0.5) is 0 Å². The standard InChI is InChI=1S/C3H7O4P/c1-2-3(4)7-8(5)6/h3-4H,2H2,1H3/p+1. The Kier molecular flexibility index (Phi) is 3.91. The van der Waals surface area contributed by atoms with E-state index in [-0.39, 0.29) is 0 Å². The Morgan fingerprint density at radius 1 is 1.88 bits per heavy atom. The lowest BCUT2D eigenvalue weighted by Crippen LogP contribution is -2.03. The second-order valence-corrected chi connectivity index (χ2v) is 1.89. The molecule has 0 heterocycles. The van der Waals surface area contributed by atoms with Crippen molar-refractivity contribution in [1.82, 2.24) is 0 Å². The van der Waals surface area contributed by atoms with Crippen molar-refractivity contribution >= 4 is 8.25 Å². The molecule has 0 aromatic carbocycles. The lowest BCUT2D eigenvalue weighted by Gasteiger charge is -1.92. The molecule has 2 atom stereocenters. The molecule has 0 rings (SSSR count). The number of hydrogen-bond acceptors (Lipinski definition) is 3. The first-order valence-electron chi connectivity index (χ1n) is 2.17. The van der Waals surface area contributed by atoms with E-state index >= 15 is 0 Å². The average Bonchev–Trinajstić information content (AvgIpc) is 1.65. The molecule has 2 N–H and O–H groups in total. The van der Waals surface area contributed by atoms with Gasteiger partial charge in [0.15, 0.2) is 0 Å². The Labute approximate surface area is 48.0 Å². The molecular weight excluding hydrogens is 131 g/mol. The number of rotatable bonds is 3. The maximum atomic E-state index is 9.73. The highest BCUT2D eigenvalue weighted by atomic mass is 31.1. The van der Waals surface area contributed by atoms with Gasteiger partial charge < -0.3 is 5.11 Å². The summed E-state index contributed by atoms with van der Waals surface area (Å²) in [7, 11) is -2.65. The van der Waals surface area contributed by atoms with Crippen molar-refractivity contribution in [3.8, 4) is 0 Å². The lowest BCUT2D eigenvalue weighted by molar-refractivity contribution is -0.0203. The van der Waals surface area contributed by atoms with Crippen molar-refractivity contribution < 1.29 is 19.1 Å². The quantitative estimate of drug-likeness (QED) is 0.438. The third-order valence-corrected chi connectivity index (χ3v) is 0.985. The molecule has 0 aliphatic heterocycles. The van der Waals surface area contributed by atoms with E-state index in [1.807, 2.05) is 0 Å². The van der Waals surface area contributed by atoms with Crippen LogP contribution in [-0.2, 0) is 9.09 Å². The fourth-order valence-electron chi connectivity index (χ4n) is 0.179. The molecule has 0 spiro atoms. The third kappa shape index (κ3) is 4.15. The van der Waals surface area contributed by atoms with Crippen molar-refractivity contribution in [3.05, 3.63) is 0 Å². The smallest absolute Gasteiger partial charge is 0.364 e. The molecule has 0 radical (unpaired) electrons. The highest BCUT2D eigenvalue weighted by molar-refractivity contribution is 7.32. The van der Waals surface area contributed by atoms with Crippen LogP contribution in [0.1, 0.15) is 13.3 Å². The maximum Gasteiger partial charge on any atom is 0.697 e. The summed E-state index contributed by atoms with van der Waals surface area (Å²) in [6.45, 7) is 1.64. The molecule has 0 aromatic rings. The van der Waals surface area contributed by atoms with E-state index in [4.69, 9.17) is 10.00 Å². The highest BCUT2D eigenvalue weighted by Crippen LogP contribution is 2.17. The minimum absolute atomic E-state index is 0.321. The minimum Gasteiger partial charge on any atom is -0.364 e. The molecule has 0 amide bonds. The summed E-state index contributed by atoms with van der Waals surface area (Å²) in [4.78, 5) is 7.98. The van der Waals surface area contributed by atoms with Gasteiger partial charge in [0.05, 0.1) is 0 Å². The largest absolute Gasteiger partial charge is 0.697 e. The van der Waals surface area contributed by atoms with E-state index in [0.29, 0.717) is 6.42 Å². The molecule has 5 heteroatoms. The zero-order valence-electron chi connectivity index (χ0n) is 4.44. The molecule has 0 fully saturated rings. The Morgan fingerprint density at radius 2 is 2.38 bits per heavy atom. The SMILES string of the molecule is CCC(O)O[P+](=O)O. The zero-order valence-corrected chi connectivity index (χ0v) is 5.34. The van der Waals surface area contributed by atoms with Crippen LogP contribution in [0.5, 0.6) is 0 Å². The van der Waals surface area contributed by atoms with Gasteiger partial charge in [-0.15, -0.1) is 4.89 Å². The van der Waals surface area contributed by atoms with Gasteiger partial charge in [-0.05, 0) is 0 Å². The Hall–Kier alpha value is -0.0200. The normalized spacial score (nSPS) is 15.6. The predicted octanol–water partition coefficient (Wildman–Crippen LogP) is 0.381. The van der Waals surface area contributed by atoms with Crippen LogP contribution in [0.15, 0.2) is 0 Å². The average molecular weight is 139 g/mol. The molecule has 8 heavy (non-hydrogen) atoms. The Balaban J connectivity index is 3.24. The summed E-state index contributed by atoms with van der Waals surface area (Å²) < 4.78 is 13.8. The van der Waals surface area contributed by atoms with Crippen molar-refractivity contribution in [1.29, 1.82) is 0 Å².